The summed E-state index contributed by atoms with van der Waals surface area (Å²) in [6.07, 6.45) is 6.79. The van der Waals surface area contributed by atoms with E-state index in [2.05, 4.69) is 20.3 Å². The maximum Gasteiger partial charge on any atom is 0.323 e. The Balaban J connectivity index is 1.36. The smallest absolute Gasteiger partial charge is 0.323 e. The summed E-state index contributed by atoms with van der Waals surface area (Å²) in [7, 11) is 1.82. The van der Waals surface area contributed by atoms with E-state index in [9.17, 15) is 4.79 Å². The number of aromatic nitrogens is 3. The third kappa shape index (κ3) is 3.58. The molecule has 8 nitrogen and oxygen atoms in total. The zero-order chi connectivity index (χ0) is 17.9. The van der Waals surface area contributed by atoms with Crippen LogP contribution in [0.5, 0.6) is 5.75 Å². The summed E-state index contributed by atoms with van der Waals surface area (Å²) in [5.74, 6) is 2.29. The van der Waals surface area contributed by atoms with Gasteiger partial charge < -0.3 is 14.5 Å². The number of nitrogens with one attached hydrogen (secondary N) is 1. The second-order valence-corrected chi connectivity index (χ2v) is 6.80. The first kappa shape index (κ1) is 16.7. The number of ether oxygens (including phenoxy) is 1. The van der Waals surface area contributed by atoms with Gasteiger partial charge in [-0.15, -0.1) is 0 Å². The highest BCUT2D eigenvalue weighted by Crippen LogP contribution is 2.30. The van der Waals surface area contributed by atoms with Crippen LogP contribution in [0.4, 0.5) is 16.4 Å². The summed E-state index contributed by atoms with van der Waals surface area (Å²) in [6, 6.07) is 5.51. The first-order valence-corrected chi connectivity index (χ1v) is 9.11. The quantitative estimate of drug-likeness (QED) is 0.908. The zero-order valence-corrected chi connectivity index (χ0v) is 15.0. The van der Waals surface area contributed by atoms with Crippen LogP contribution in [0.15, 0.2) is 30.6 Å². The number of rotatable bonds is 4. The fourth-order valence-corrected chi connectivity index (χ4v) is 3.50. The van der Waals surface area contributed by atoms with Gasteiger partial charge in [-0.25, -0.2) is 9.78 Å². The van der Waals surface area contributed by atoms with E-state index in [1.165, 1.54) is 12.8 Å². The van der Waals surface area contributed by atoms with Gasteiger partial charge in [0.1, 0.15) is 6.10 Å². The van der Waals surface area contributed by atoms with Gasteiger partial charge in [-0.05, 0) is 25.0 Å². The van der Waals surface area contributed by atoms with Gasteiger partial charge in [0.2, 0.25) is 0 Å². The standard InChI is InChI=1S/C18H24N6O2/c1-22-11-7-16(21-22)20-18(25)24-12-6-14(13-24)26-15-5-4-8-19-17(15)23-9-2-3-10-23/h4-5,7-8,11,14H,2-3,6,9-10,12-13H2,1H3,(H,20,21,25). The first-order chi connectivity index (χ1) is 12.7. The number of pyridine rings is 1. The van der Waals surface area contributed by atoms with E-state index in [1.807, 2.05) is 25.4 Å². The summed E-state index contributed by atoms with van der Waals surface area (Å²) in [5.41, 5.74) is 0. The van der Waals surface area contributed by atoms with E-state index in [-0.39, 0.29) is 12.1 Å². The van der Waals surface area contributed by atoms with Crippen molar-refractivity contribution in [2.75, 3.05) is 36.4 Å². The Labute approximate surface area is 152 Å². The number of anilines is 2. The fraction of sp³-hybridized carbons (Fsp3) is 0.500. The molecule has 26 heavy (non-hydrogen) atoms. The Hall–Kier alpha value is -2.77. The Kier molecular flexibility index (Phi) is 4.64. The fourth-order valence-electron chi connectivity index (χ4n) is 3.50. The molecule has 0 saturated carbocycles. The SMILES string of the molecule is Cn1ccc(NC(=O)N2CCC(Oc3cccnc3N3CCCC3)C2)n1. The Bertz CT molecular complexity index is 771. The van der Waals surface area contributed by atoms with Crippen LogP contribution < -0.4 is 15.0 Å². The lowest BCUT2D eigenvalue weighted by atomic mass is 10.3. The predicted molar refractivity (Wildman–Crippen MR) is 98.5 cm³/mol. The minimum Gasteiger partial charge on any atom is -0.485 e. The molecule has 2 aliphatic heterocycles. The highest BCUT2D eigenvalue weighted by Gasteiger charge is 2.29. The normalized spacial score (nSPS) is 19.8. The van der Waals surface area contributed by atoms with Crippen molar-refractivity contribution in [3.8, 4) is 5.75 Å². The van der Waals surface area contributed by atoms with Crippen LogP contribution in [-0.4, -0.2) is 58.0 Å². The molecule has 4 heterocycles. The van der Waals surface area contributed by atoms with Gasteiger partial charge in [-0.2, -0.15) is 5.10 Å². The summed E-state index contributed by atoms with van der Waals surface area (Å²) in [6.45, 7) is 3.28. The Morgan fingerprint density at radius 3 is 2.88 bits per heavy atom. The lowest BCUT2D eigenvalue weighted by molar-refractivity contribution is 0.194. The molecule has 2 saturated heterocycles. The number of urea groups is 1. The van der Waals surface area contributed by atoms with Crippen molar-refractivity contribution in [2.24, 2.45) is 7.05 Å². The van der Waals surface area contributed by atoms with E-state index in [1.54, 1.807) is 21.8 Å². The number of aryl methyl sites for hydroxylation is 1. The van der Waals surface area contributed by atoms with Crippen LogP contribution in [0.3, 0.4) is 0 Å². The van der Waals surface area contributed by atoms with Crippen molar-refractivity contribution in [2.45, 2.75) is 25.4 Å². The summed E-state index contributed by atoms with van der Waals surface area (Å²) < 4.78 is 7.87. The molecule has 0 radical (unpaired) electrons. The maximum absolute atomic E-state index is 12.4. The monoisotopic (exact) mass is 356 g/mol. The van der Waals surface area contributed by atoms with Crippen LogP contribution in [-0.2, 0) is 7.05 Å². The molecule has 0 spiro atoms. The third-order valence-corrected chi connectivity index (χ3v) is 4.83. The van der Waals surface area contributed by atoms with E-state index in [0.717, 1.165) is 31.1 Å². The van der Waals surface area contributed by atoms with Crippen molar-refractivity contribution in [3.05, 3.63) is 30.6 Å². The molecule has 2 aliphatic rings. The molecule has 138 valence electrons. The number of likely N-dealkylation sites (tertiary alicyclic amines) is 1. The number of hydrogen-bond acceptors (Lipinski definition) is 5. The molecule has 2 aromatic heterocycles. The highest BCUT2D eigenvalue weighted by molar-refractivity contribution is 5.88. The molecular formula is C18H24N6O2. The lowest BCUT2D eigenvalue weighted by Crippen LogP contribution is -2.34. The summed E-state index contributed by atoms with van der Waals surface area (Å²) >= 11 is 0. The number of hydrogen-bond donors (Lipinski definition) is 1. The summed E-state index contributed by atoms with van der Waals surface area (Å²) in [4.78, 5) is 20.9. The molecule has 2 amide bonds. The van der Waals surface area contributed by atoms with Crippen molar-refractivity contribution in [1.82, 2.24) is 19.7 Å². The minimum absolute atomic E-state index is 0.0185. The van der Waals surface area contributed by atoms with Crippen molar-refractivity contribution in [1.29, 1.82) is 0 Å². The van der Waals surface area contributed by atoms with E-state index in [0.29, 0.717) is 18.9 Å². The number of carbonyl (C=O) groups excluding carboxylic acids is 1. The second-order valence-electron chi connectivity index (χ2n) is 6.80. The average Bonchev–Trinajstić information content (AvgIpc) is 3.38. The first-order valence-electron chi connectivity index (χ1n) is 9.11. The lowest BCUT2D eigenvalue weighted by Gasteiger charge is -2.22. The van der Waals surface area contributed by atoms with E-state index < -0.39 is 0 Å². The molecule has 1 atom stereocenters. The topological polar surface area (TPSA) is 75.5 Å². The van der Waals surface area contributed by atoms with Crippen LogP contribution in [0.2, 0.25) is 0 Å². The minimum atomic E-state index is -0.138. The second kappa shape index (κ2) is 7.23. The number of nitrogens with zero attached hydrogens (tertiary/aromatic N) is 5. The maximum atomic E-state index is 12.4. The van der Waals surface area contributed by atoms with Crippen molar-refractivity contribution < 1.29 is 9.53 Å². The number of amides is 2. The molecule has 0 aromatic carbocycles. The zero-order valence-electron chi connectivity index (χ0n) is 15.0. The van der Waals surface area contributed by atoms with Crippen LogP contribution in [0, 0.1) is 0 Å². The third-order valence-electron chi connectivity index (χ3n) is 4.83. The molecule has 4 rings (SSSR count). The number of carbonyl (C=O) groups is 1. The molecule has 1 N–H and O–H groups in total. The largest absolute Gasteiger partial charge is 0.485 e. The van der Waals surface area contributed by atoms with Crippen LogP contribution >= 0.6 is 0 Å². The van der Waals surface area contributed by atoms with E-state index >= 15 is 0 Å². The van der Waals surface area contributed by atoms with Gasteiger partial charge >= 0.3 is 6.03 Å². The van der Waals surface area contributed by atoms with Crippen LogP contribution in [0.25, 0.3) is 0 Å². The molecule has 2 aromatic rings. The van der Waals surface area contributed by atoms with Crippen LogP contribution in [0.1, 0.15) is 19.3 Å². The van der Waals surface area contributed by atoms with Crippen molar-refractivity contribution >= 4 is 17.7 Å². The predicted octanol–water partition coefficient (Wildman–Crippen LogP) is 2.10. The van der Waals surface area contributed by atoms with Gasteiger partial charge in [0.25, 0.3) is 0 Å². The Morgan fingerprint density at radius 1 is 1.27 bits per heavy atom. The van der Waals surface area contributed by atoms with Gasteiger partial charge in [0.15, 0.2) is 17.4 Å². The van der Waals surface area contributed by atoms with Gasteiger partial charge in [0.05, 0.1) is 6.54 Å². The average molecular weight is 356 g/mol. The summed E-state index contributed by atoms with van der Waals surface area (Å²) in [5, 5.41) is 7.00. The van der Waals surface area contributed by atoms with Gasteiger partial charge in [0, 0.05) is 51.6 Å². The molecule has 2 fully saturated rings. The molecule has 0 aliphatic carbocycles. The molecular weight excluding hydrogens is 332 g/mol. The molecule has 0 bridgehead atoms. The van der Waals surface area contributed by atoms with Gasteiger partial charge in [-0.1, -0.05) is 0 Å². The highest BCUT2D eigenvalue weighted by atomic mass is 16.5. The van der Waals surface area contributed by atoms with Gasteiger partial charge in [-0.3, -0.25) is 10.00 Å². The van der Waals surface area contributed by atoms with E-state index in [4.69, 9.17) is 4.74 Å². The molecule has 1 unspecified atom stereocenters. The van der Waals surface area contributed by atoms with Crippen molar-refractivity contribution in [3.63, 3.8) is 0 Å². The Morgan fingerprint density at radius 2 is 2.12 bits per heavy atom. The molecule has 8 heteroatoms.